The van der Waals surface area contributed by atoms with Gasteiger partial charge in [-0.05, 0) is 26.8 Å². The van der Waals surface area contributed by atoms with Crippen LogP contribution in [0, 0.1) is 5.41 Å². The van der Waals surface area contributed by atoms with Crippen molar-refractivity contribution in [2.24, 2.45) is 16.1 Å². The highest BCUT2D eigenvalue weighted by Gasteiger charge is 2.56. The normalized spacial score (nSPS) is 31.5. The summed E-state index contributed by atoms with van der Waals surface area (Å²) in [6.45, 7) is 10.7. The van der Waals surface area contributed by atoms with Gasteiger partial charge in [-0.3, -0.25) is 9.36 Å². The molecule has 1 saturated heterocycles. The number of ether oxygens (including phenoxy) is 2. The zero-order valence-corrected chi connectivity index (χ0v) is 19.3. The van der Waals surface area contributed by atoms with E-state index in [0.717, 1.165) is 0 Å². The Kier molecular flexibility index (Phi) is 8.04. The molecule has 176 valence electrons. The van der Waals surface area contributed by atoms with Crippen LogP contribution in [0.4, 0.5) is 4.39 Å². The third kappa shape index (κ3) is 5.93. The van der Waals surface area contributed by atoms with Crippen molar-refractivity contribution in [3.63, 3.8) is 0 Å². The highest BCUT2D eigenvalue weighted by Crippen LogP contribution is 2.46. The van der Waals surface area contributed by atoms with E-state index < -0.39 is 50.1 Å². The Labute approximate surface area is 181 Å². The Morgan fingerprint density at radius 1 is 1.55 bits per heavy atom. The molecule has 0 radical (unpaired) electrons. The zero-order valence-electron chi connectivity index (χ0n) is 18.4. The molecule has 2 heterocycles. The molecule has 0 saturated carbocycles. The number of aliphatic imine (C=N–C) groups is 1. The number of nitrogens with zero attached hydrogens (tertiary/aromatic N) is 2. The highest BCUT2D eigenvalue weighted by atomic mass is 31.2. The molecule has 31 heavy (non-hydrogen) atoms. The molecule has 10 nitrogen and oxygen atoms in total. The van der Waals surface area contributed by atoms with Crippen LogP contribution in [0.25, 0.3) is 0 Å². The molecule has 0 aromatic rings. The molecule has 0 aromatic heterocycles. The fourth-order valence-electron chi connectivity index (χ4n) is 3.23. The quantitative estimate of drug-likeness (QED) is 0.344. The first kappa shape index (κ1) is 25.5. The zero-order chi connectivity index (χ0) is 23.6. The van der Waals surface area contributed by atoms with Crippen LogP contribution in [0.3, 0.4) is 0 Å². The monoisotopic (exact) mass is 462 g/mol. The summed E-state index contributed by atoms with van der Waals surface area (Å²) in [6.07, 6.45) is -1.04. The molecule has 6 atom stereocenters. The van der Waals surface area contributed by atoms with Crippen LogP contribution in [0.5, 0.6) is 0 Å². The molecule has 2 aliphatic rings. The van der Waals surface area contributed by atoms with Crippen LogP contribution in [-0.2, 0) is 23.4 Å². The molecule has 0 aromatic carbocycles. The Morgan fingerprint density at radius 2 is 2.19 bits per heavy atom. The number of hydrogen-bond acceptors (Lipinski definition) is 9. The van der Waals surface area contributed by atoms with Crippen molar-refractivity contribution in [3.8, 4) is 0 Å². The molecular formula is C19H32FN4O6P. The van der Waals surface area contributed by atoms with Crippen LogP contribution >= 0.6 is 7.52 Å². The largest absolute Gasteiger partial charge is 0.462 e. The Morgan fingerprint density at radius 3 is 2.74 bits per heavy atom. The van der Waals surface area contributed by atoms with E-state index in [-0.39, 0.29) is 24.4 Å². The maximum atomic E-state index is 15.3. The van der Waals surface area contributed by atoms with Gasteiger partial charge in [-0.15, -0.1) is 0 Å². The molecule has 4 N–H and O–H groups in total. The van der Waals surface area contributed by atoms with Gasteiger partial charge in [0, 0.05) is 12.9 Å². The molecule has 12 heteroatoms. The number of rotatable bonds is 9. The summed E-state index contributed by atoms with van der Waals surface area (Å²) < 4.78 is 44.5. The lowest BCUT2D eigenvalue weighted by atomic mass is 9.82. The molecule has 0 amide bonds. The molecular weight excluding hydrogens is 430 g/mol. The predicted octanol–water partition coefficient (Wildman–Crippen LogP) is 1.47. The number of hydrogen-bond donors (Lipinski definition) is 3. The van der Waals surface area contributed by atoms with E-state index in [1.807, 2.05) is 0 Å². The fraction of sp³-hybridized carbons (Fsp3) is 0.684. The van der Waals surface area contributed by atoms with Crippen molar-refractivity contribution in [2.45, 2.75) is 58.3 Å². The Balaban J connectivity index is 2.06. The SMILES string of the molecule is C=C1N=C(N)C=CN1[C@H]1O[C@H](COP(C)(=O)N[C@@H](C)C(=O)OC(C)C)[C@](C)(CO)C1F. The van der Waals surface area contributed by atoms with E-state index in [1.165, 1.54) is 37.7 Å². The van der Waals surface area contributed by atoms with Crippen molar-refractivity contribution >= 4 is 19.3 Å². The van der Waals surface area contributed by atoms with Crippen LogP contribution in [-0.4, -0.2) is 72.3 Å². The van der Waals surface area contributed by atoms with Gasteiger partial charge in [0.1, 0.15) is 17.7 Å². The number of esters is 1. The molecule has 0 bridgehead atoms. The number of carbonyl (C=O) groups excluding carboxylic acids is 1. The summed E-state index contributed by atoms with van der Waals surface area (Å²) in [4.78, 5) is 17.3. The second-order valence-corrected chi connectivity index (χ2v) is 10.4. The second-order valence-electron chi connectivity index (χ2n) is 8.23. The van der Waals surface area contributed by atoms with Gasteiger partial charge in [-0.1, -0.05) is 13.5 Å². The molecule has 0 spiro atoms. The number of alkyl halides is 1. The van der Waals surface area contributed by atoms with Gasteiger partial charge in [0.05, 0.1) is 30.8 Å². The lowest BCUT2D eigenvalue weighted by Gasteiger charge is -2.31. The van der Waals surface area contributed by atoms with Crippen LogP contribution in [0.15, 0.2) is 29.7 Å². The third-order valence-electron chi connectivity index (χ3n) is 5.10. The standard InChI is InChI=1S/C19H32FN4O6P/c1-11(2)29-18(26)12(3)23-31(6,27)28-9-14-19(5,10-25)16(20)17(30-14)24-8-7-15(21)22-13(24)4/h7-8,11-12,14,16-17,25H,4,9-10H2,1-3,5-6H3,(H2,21,22)(H,23,27)/t12-,14+,16?,17-,19-,31?/m0/s1. The molecule has 0 aliphatic carbocycles. The van der Waals surface area contributed by atoms with Crippen LogP contribution in [0.2, 0.25) is 0 Å². The first-order valence-electron chi connectivity index (χ1n) is 9.91. The van der Waals surface area contributed by atoms with Crippen molar-refractivity contribution in [1.82, 2.24) is 9.99 Å². The van der Waals surface area contributed by atoms with Gasteiger partial charge in [0.25, 0.3) is 7.52 Å². The fourth-order valence-corrected chi connectivity index (χ4v) is 4.53. The maximum absolute atomic E-state index is 15.3. The maximum Gasteiger partial charge on any atom is 0.323 e. The minimum atomic E-state index is -3.48. The average molecular weight is 462 g/mol. The van der Waals surface area contributed by atoms with Gasteiger partial charge in [0.15, 0.2) is 12.4 Å². The van der Waals surface area contributed by atoms with Crippen LogP contribution < -0.4 is 10.8 Å². The lowest BCUT2D eigenvalue weighted by Crippen LogP contribution is -2.44. The van der Waals surface area contributed by atoms with E-state index in [9.17, 15) is 14.5 Å². The molecule has 2 unspecified atom stereocenters. The van der Waals surface area contributed by atoms with Gasteiger partial charge in [-0.25, -0.2) is 14.5 Å². The first-order valence-corrected chi connectivity index (χ1v) is 12.0. The van der Waals surface area contributed by atoms with Gasteiger partial charge >= 0.3 is 5.97 Å². The summed E-state index contributed by atoms with van der Waals surface area (Å²) in [5.41, 5.74) is 4.28. The number of nitrogens with one attached hydrogen (secondary N) is 1. The van der Waals surface area contributed by atoms with Crippen molar-refractivity contribution in [2.75, 3.05) is 19.9 Å². The van der Waals surface area contributed by atoms with E-state index >= 15 is 4.39 Å². The van der Waals surface area contributed by atoms with Gasteiger partial charge in [-0.2, -0.15) is 0 Å². The summed E-state index contributed by atoms with van der Waals surface area (Å²) in [6, 6.07) is -0.876. The summed E-state index contributed by atoms with van der Waals surface area (Å²) in [5.74, 6) is -0.158. The summed E-state index contributed by atoms with van der Waals surface area (Å²) >= 11 is 0. The minimum Gasteiger partial charge on any atom is -0.462 e. The van der Waals surface area contributed by atoms with E-state index in [2.05, 4.69) is 16.7 Å². The number of carbonyl (C=O) groups is 1. The van der Waals surface area contributed by atoms with E-state index in [1.54, 1.807) is 13.8 Å². The predicted molar refractivity (Wildman–Crippen MR) is 114 cm³/mol. The Bertz CT molecular complexity index is 806. The van der Waals surface area contributed by atoms with E-state index in [0.29, 0.717) is 0 Å². The average Bonchev–Trinajstić information content (AvgIpc) is 2.91. The van der Waals surface area contributed by atoms with E-state index in [4.69, 9.17) is 19.7 Å². The molecule has 1 fully saturated rings. The Hall–Kier alpha value is -1.78. The molecule has 2 rings (SSSR count). The van der Waals surface area contributed by atoms with Crippen molar-refractivity contribution < 1.29 is 32.9 Å². The number of amidine groups is 1. The number of aliphatic hydroxyl groups is 1. The van der Waals surface area contributed by atoms with Crippen molar-refractivity contribution in [1.29, 1.82) is 0 Å². The number of nitrogens with two attached hydrogens (primary N) is 1. The smallest absolute Gasteiger partial charge is 0.323 e. The number of halogens is 1. The molecule has 2 aliphatic heterocycles. The second kappa shape index (κ2) is 9.79. The number of aliphatic hydroxyl groups excluding tert-OH is 1. The van der Waals surface area contributed by atoms with Crippen molar-refractivity contribution in [3.05, 3.63) is 24.7 Å². The lowest BCUT2D eigenvalue weighted by molar-refractivity contribution is -0.149. The first-order chi connectivity index (χ1) is 14.3. The minimum absolute atomic E-state index is 0.190. The van der Waals surface area contributed by atoms with Gasteiger partial charge < -0.3 is 29.7 Å². The topological polar surface area (TPSA) is 136 Å². The highest BCUT2D eigenvalue weighted by molar-refractivity contribution is 7.56. The summed E-state index contributed by atoms with van der Waals surface area (Å²) in [7, 11) is -3.48. The third-order valence-corrected chi connectivity index (χ3v) is 6.60. The van der Waals surface area contributed by atoms with Gasteiger partial charge in [0.2, 0.25) is 0 Å². The van der Waals surface area contributed by atoms with Crippen LogP contribution in [0.1, 0.15) is 27.7 Å². The summed E-state index contributed by atoms with van der Waals surface area (Å²) in [5, 5.41) is 12.5.